The van der Waals surface area contributed by atoms with E-state index in [0.29, 0.717) is 42.6 Å². The van der Waals surface area contributed by atoms with Gasteiger partial charge in [-0.25, -0.2) is 0 Å². The van der Waals surface area contributed by atoms with E-state index in [9.17, 15) is 43.5 Å². The molecular formula is C81H120N14O15. The molecule has 14 amide bonds. The summed E-state index contributed by atoms with van der Waals surface area (Å²) in [6, 6.07) is 7.88. The first kappa shape index (κ1) is 89.1. The number of piperidine rings is 1. The van der Waals surface area contributed by atoms with Gasteiger partial charge in [0.2, 0.25) is 82.7 Å². The number of nitrogens with one attached hydrogen (secondary N) is 9. The van der Waals surface area contributed by atoms with Crippen molar-refractivity contribution < 1.29 is 72.2 Å². The van der Waals surface area contributed by atoms with Crippen molar-refractivity contribution in [1.82, 2.24) is 72.4 Å². The average molecular weight is 1530 g/mol. The Bertz CT molecular complexity index is 3650. The zero-order valence-corrected chi connectivity index (χ0v) is 66.8. The van der Waals surface area contributed by atoms with Crippen molar-refractivity contribution in [2.75, 3.05) is 40.8 Å². The van der Waals surface area contributed by atoms with Crippen LogP contribution < -0.4 is 47.9 Å². The molecule has 16 atom stereocenters. The Morgan fingerprint density at radius 3 is 1.58 bits per heavy atom. The lowest BCUT2D eigenvalue weighted by Crippen LogP contribution is -2.63. The van der Waals surface area contributed by atoms with Gasteiger partial charge in [0.1, 0.15) is 78.5 Å². The second-order valence-electron chi connectivity index (χ2n) is 30.9. The number of aliphatic hydroxyl groups excluding tert-OH is 1. The summed E-state index contributed by atoms with van der Waals surface area (Å²) in [6.45, 7) is 21.1. The normalized spacial score (nSPS) is 24.2. The highest BCUT2D eigenvalue weighted by Gasteiger charge is 2.45. The van der Waals surface area contributed by atoms with Crippen molar-refractivity contribution in [3.8, 4) is 0 Å². The average Bonchev–Trinajstić information content (AvgIpc) is 1.30. The quantitative estimate of drug-likeness (QED) is 0.0616. The first-order chi connectivity index (χ1) is 52.1. The van der Waals surface area contributed by atoms with Crippen LogP contribution in [0, 0.1) is 23.7 Å². The number of likely N-dealkylation sites (tertiary alicyclic amines) is 1. The summed E-state index contributed by atoms with van der Waals surface area (Å²) in [5.41, 5.74) is 1.73. The molecule has 3 heterocycles. The van der Waals surface area contributed by atoms with Gasteiger partial charge in [0.15, 0.2) is 0 Å². The summed E-state index contributed by atoms with van der Waals surface area (Å²) in [6.07, 6.45) is 0.875. The van der Waals surface area contributed by atoms with Crippen molar-refractivity contribution in [1.29, 1.82) is 0 Å². The van der Waals surface area contributed by atoms with Gasteiger partial charge in [-0.1, -0.05) is 159 Å². The molecule has 3 aliphatic heterocycles. The number of aliphatic hydroxyl groups is 1. The Kier molecular flexibility index (Phi) is 34.3. The van der Waals surface area contributed by atoms with Crippen LogP contribution in [0.4, 0.5) is 0 Å². The maximum absolute atomic E-state index is 15.4. The molecule has 0 aliphatic carbocycles. The third-order valence-corrected chi connectivity index (χ3v) is 21.3. The lowest BCUT2D eigenvalue weighted by atomic mass is 9.96. The lowest BCUT2D eigenvalue weighted by molar-refractivity contribution is -0.150. The maximum atomic E-state index is 15.4. The molecule has 29 heteroatoms. The summed E-state index contributed by atoms with van der Waals surface area (Å²) in [4.78, 5) is 214. The summed E-state index contributed by atoms with van der Waals surface area (Å²) >= 11 is 0. The summed E-state index contributed by atoms with van der Waals surface area (Å²) in [5, 5.41) is 36.2. The van der Waals surface area contributed by atoms with Gasteiger partial charge in [-0.05, 0) is 113 Å². The Morgan fingerprint density at radius 2 is 1.05 bits per heavy atom. The van der Waals surface area contributed by atoms with Gasteiger partial charge in [-0.15, -0.1) is 0 Å². The zero-order valence-electron chi connectivity index (χ0n) is 66.8. The minimum atomic E-state index is -1.87. The molecular weight excluding hydrogens is 1410 g/mol. The second kappa shape index (κ2) is 42.4. The van der Waals surface area contributed by atoms with Gasteiger partial charge in [0.05, 0.1) is 12.5 Å². The Balaban J connectivity index is 1.41. The van der Waals surface area contributed by atoms with Gasteiger partial charge in [0.25, 0.3) is 0 Å². The first-order valence-electron chi connectivity index (χ1n) is 39.0. The number of benzene rings is 3. The Hall–Kier alpha value is -9.80. The SMILES string of the molecule is CC[C@H](C)[C@H](NC(=O)[C@H](CC(C)C)NC(=O)[C@H](Cc1ccccc1)NC(=O)[C@@H]1CC(=O)N[C@@H](C)C(=O)N[C@@H]([C@@H](C)CC)C(=O)N(C)[C@@H](C)C(=O)N(C)[C@@H](Cc2ccccc2)C(=O)N[C@@H]([C@@H](C)O)C(=O)N(C)[C@@H](Cc2ccccc2)C(=O)N[C@@H](CC(C)C)C(=O)N2CCC[C@H]2C(=O)N1)C(=O)N[C@@H](C)C(=O)N1CCCCC1. The van der Waals surface area contributed by atoms with Crippen LogP contribution in [0.5, 0.6) is 0 Å². The van der Waals surface area contributed by atoms with E-state index < -0.39 is 180 Å². The predicted molar refractivity (Wildman–Crippen MR) is 414 cm³/mol. The highest BCUT2D eigenvalue weighted by Crippen LogP contribution is 2.24. The number of fused-ring (bicyclic) bond motifs is 1. The molecule has 29 nitrogen and oxygen atoms in total. The minimum absolute atomic E-state index is 0.0153. The van der Waals surface area contributed by atoms with Crippen LogP contribution in [0.2, 0.25) is 0 Å². The molecule has 0 saturated carbocycles. The topological polar surface area (TPSA) is 384 Å². The van der Waals surface area contributed by atoms with Gasteiger partial charge in [-0.2, -0.15) is 0 Å². The van der Waals surface area contributed by atoms with Crippen molar-refractivity contribution >= 4 is 82.7 Å². The summed E-state index contributed by atoms with van der Waals surface area (Å²) in [5.74, 6) is -12.6. The fourth-order valence-electron chi connectivity index (χ4n) is 14.0. The first-order valence-corrected chi connectivity index (χ1v) is 39.0. The van der Waals surface area contributed by atoms with Crippen LogP contribution in [0.25, 0.3) is 0 Å². The van der Waals surface area contributed by atoms with Gasteiger partial charge in [0, 0.05) is 60.0 Å². The number of carbonyl (C=O) groups is 14. The van der Waals surface area contributed by atoms with Crippen molar-refractivity contribution in [3.05, 3.63) is 108 Å². The third kappa shape index (κ3) is 25.1. The van der Waals surface area contributed by atoms with Gasteiger partial charge < -0.3 is 77.5 Å². The number of amides is 14. The van der Waals surface area contributed by atoms with E-state index in [1.165, 1.54) is 46.8 Å². The van der Waals surface area contributed by atoms with E-state index in [4.69, 9.17) is 0 Å². The number of hydrogen-bond acceptors (Lipinski definition) is 15. The van der Waals surface area contributed by atoms with Crippen LogP contribution in [-0.4, -0.2) is 238 Å². The highest BCUT2D eigenvalue weighted by atomic mass is 16.3. The Labute approximate surface area is 647 Å². The van der Waals surface area contributed by atoms with Crippen LogP contribution in [0.3, 0.4) is 0 Å². The van der Waals surface area contributed by atoms with Crippen molar-refractivity contribution in [2.24, 2.45) is 23.7 Å². The number of rotatable bonds is 24. The van der Waals surface area contributed by atoms with E-state index in [1.807, 2.05) is 34.6 Å². The van der Waals surface area contributed by atoms with Crippen LogP contribution >= 0.6 is 0 Å². The Morgan fingerprint density at radius 1 is 0.518 bits per heavy atom. The molecule has 604 valence electrons. The number of likely N-dealkylation sites (N-methyl/N-ethyl adjacent to an activating group) is 3. The number of carbonyl (C=O) groups excluding carboxylic acids is 14. The van der Waals surface area contributed by atoms with E-state index in [0.717, 1.165) is 34.0 Å². The van der Waals surface area contributed by atoms with E-state index in [-0.39, 0.29) is 69.2 Å². The molecule has 10 N–H and O–H groups in total. The predicted octanol–water partition coefficient (Wildman–Crippen LogP) is 2.59. The fraction of sp³-hybridized carbons (Fsp3) is 0.605. The number of hydrogen-bond donors (Lipinski definition) is 10. The lowest BCUT2D eigenvalue weighted by Gasteiger charge is -2.37. The highest BCUT2D eigenvalue weighted by molar-refractivity contribution is 6.01. The van der Waals surface area contributed by atoms with E-state index in [1.54, 1.807) is 124 Å². The van der Waals surface area contributed by atoms with E-state index >= 15 is 28.8 Å². The molecule has 0 spiro atoms. The molecule has 110 heavy (non-hydrogen) atoms. The van der Waals surface area contributed by atoms with Crippen molar-refractivity contribution in [3.63, 3.8) is 0 Å². The van der Waals surface area contributed by atoms with Crippen LogP contribution in [0.15, 0.2) is 91.0 Å². The van der Waals surface area contributed by atoms with E-state index in [2.05, 4.69) is 47.9 Å². The standard InChI is InChI=1S/C81H120N14O15/c1-16-49(7)66(76(105)83-52(10)77(106)94-38-28-21-29-39-94)88-72(101)58(41-47(3)4)84-70(99)59(43-55-31-22-18-23-32-55)85-71(100)60-46-65(97)82-51(9)69(98)89-67(50(8)17-2)80(109)91(13)53(11)78(107)92(14)64(45-57-35-26-20-27-36-57)75(104)90-68(54(12)96)81(110)93(15)63(44-56-33-24-19-25-34-56)74(103)87-61(42-48(5)6)79(108)95-40-30-37-62(95)73(102)86-60/h18-20,22-27,31-36,47-54,58-64,66-68,96H,16-17,21,28-30,37-46H2,1-15H3,(H,82,97)(H,83,105)(H,84,99)(H,85,100)(H,86,102)(H,87,103)(H,88,101)(H,89,98)(H,90,104)/t49-,50-,51-,52-,53-,54+,58-,59-,60-,61-,62-,63-,64-,66-,67-,68-/m0/s1. The molecule has 3 saturated heterocycles. The molecule has 3 fully saturated rings. The molecule has 0 unspecified atom stereocenters. The monoisotopic (exact) mass is 1530 g/mol. The molecule has 3 aliphatic rings. The molecule has 3 aromatic rings. The third-order valence-electron chi connectivity index (χ3n) is 21.3. The molecule has 6 rings (SSSR count). The number of nitrogens with zero attached hydrogens (tertiary/aromatic N) is 5. The largest absolute Gasteiger partial charge is 0.391 e. The maximum Gasteiger partial charge on any atom is 0.248 e. The van der Waals surface area contributed by atoms with Crippen LogP contribution in [-0.2, 0) is 86.4 Å². The molecule has 3 aromatic carbocycles. The van der Waals surface area contributed by atoms with Gasteiger partial charge in [-0.3, -0.25) is 67.1 Å². The smallest absolute Gasteiger partial charge is 0.248 e. The second-order valence-corrected chi connectivity index (χ2v) is 30.9. The summed E-state index contributed by atoms with van der Waals surface area (Å²) < 4.78 is 0. The van der Waals surface area contributed by atoms with Gasteiger partial charge >= 0.3 is 0 Å². The zero-order chi connectivity index (χ0) is 81.4. The van der Waals surface area contributed by atoms with Crippen molar-refractivity contribution in [2.45, 2.75) is 251 Å². The molecule has 0 bridgehead atoms. The molecule has 0 radical (unpaired) electrons. The summed E-state index contributed by atoms with van der Waals surface area (Å²) in [7, 11) is 4.03. The van der Waals surface area contributed by atoms with Crippen LogP contribution in [0.1, 0.15) is 164 Å². The molecule has 0 aromatic heterocycles. The minimum Gasteiger partial charge on any atom is -0.391 e. The fourth-order valence-corrected chi connectivity index (χ4v) is 14.0.